The molecular formula is C21H23N3O2S. The van der Waals surface area contributed by atoms with Crippen molar-refractivity contribution >= 4 is 28.9 Å². The minimum absolute atomic E-state index is 0.173. The molecule has 0 aliphatic heterocycles. The molecule has 0 bridgehead atoms. The SMILES string of the molecule is CCCCCCOc1ccc(C(=O)NC(=S)Nc2cccc(C#N)c2)cc1. The highest BCUT2D eigenvalue weighted by atomic mass is 32.1. The number of hydrogen-bond acceptors (Lipinski definition) is 4. The van der Waals surface area contributed by atoms with Crippen molar-refractivity contribution in [1.29, 1.82) is 5.26 Å². The van der Waals surface area contributed by atoms with Crippen LogP contribution in [0.15, 0.2) is 48.5 Å². The lowest BCUT2D eigenvalue weighted by molar-refractivity contribution is 0.0977. The van der Waals surface area contributed by atoms with Gasteiger partial charge in [0.1, 0.15) is 5.75 Å². The van der Waals surface area contributed by atoms with Gasteiger partial charge in [0.25, 0.3) is 5.91 Å². The van der Waals surface area contributed by atoms with E-state index in [0.29, 0.717) is 23.4 Å². The first-order chi connectivity index (χ1) is 13.1. The molecule has 0 aliphatic carbocycles. The first-order valence-corrected chi connectivity index (χ1v) is 9.38. The molecule has 0 saturated heterocycles. The maximum Gasteiger partial charge on any atom is 0.257 e. The molecule has 0 heterocycles. The summed E-state index contributed by atoms with van der Waals surface area (Å²) < 4.78 is 5.67. The van der Waals surface area contributed by atoms with E-state index in [2.05, 4.69) is 23.6 Å². The number of hydrogen-bond donors (Lipinski definition) is 2. The Morgan fingerprint density at radius 2 is 1.93 bits per heavy atom. The Morgan fingerprint density at radius 1 is 1.15 bits per heavy atom. The van der Waals surface area contributed by atoms with Gasteiger partial charge in [-0.05, 0) is 61.1 Å². The lowest BCUT2D eigenvalue weighted by Gasteiger charge is -2.10. The average Bonchev–Trinajstić information content (AvgIpc) is 2.68. The number of amides is 1. The van der Waals surface area contributed by atoms with E-state index in [1.54, 1.807) is 48.5 Å². The second-order valence-corrected chi connectivity index (χ2v) is 6.44. The summed E-state index contributed by atoms with van der Waals surface area (Å²) in [5.74, 6) is 0.440. The molecule has 0 aromatic heterocycles. The number of carbonyl (C=O) groups excluding carboxylic acids is 1. The molecule has 0 aliphatic rings. The van der Waals surface area contributed by atoms with Gasteiger partial charge in [-0.15, -0.1) is 0 Å². The summed E-state index contributed by atoms with van der Waals surface area (Å²) in [6, 6.07) is 15.9. The Labute approximate surface area is 165 Å². The number of carbonyl (C=O) groups is 1. The first kappa shape index (κ1) is 20.4. The summed E-state index contributed by atoms with van der Waals surface area (Å²) in [6.07, 6.45) is 4.61. The fourth-order valence-electron chi connectivity index (χ4n) is 2.43. The van der Waals surface area contributed by atoms with Crippen LogP contribution in [0.5, 0.6) is 5.75 Å². The predicted molar refractivity (Wildman–Crippen MR) is 111 cm³/mol. The van der Waals surface area contributed by atoms with E-state index in [0.717, 1.165) is 12.2 Å². The highest BCUT2D eigenvalue weighted by Crippen LogP contribution is 2.14. The molecule has 5 nitrogen and oxygen atoms in total. The van der Waals surface area contributed by atoms with Gasteiger partial charge in [0.15, 0.2) is 5.11 Å². The second-order valence-electron chi connectivity index (χ2n) is 6.03. The van der Waals surface area contributed by atoms with E-state index < -0.39 is 0 Å². The predicted octanol–water partition coefficient (Wildman–Crippen LogP) is 4.64. The Kier molecular flexibility index (Phi) is 8.27. The highest BCUT2D eigenvalue weighted by molar-refractivity contribution is 7.80. The van der Waals surface area contributed by atoms with Gasteiger partial charge in [-0.3, -0.25) is 10.1 Å². The van der Waals surface area contributed by atoms with Crippen LogP contribution in [0.1, 0.15) is 48.5 Å². The van der Waals surface area contributed by atoms with Crippen LogP contribution in [0, 0.1) is 11.3 Å². The van der Waals surface area contributed by atoms with Gasteiger partial charge < -0.3 is 10.1 Å². The van der Waals surface area contributed by atoms with Crippen molar-refractivity contribution in [1.82, 2.24) is 5.32 Å². The molecule has 6 heteroatoms. The molecule has 27 heavy (non-hydrogen) atoms. The maximum atomic E-state index is 12.3. The summed E-state index contributed by atoms with van der Waals surface area (Å²) in [6.45, 7) is 2.86. The number of nitrogens with zero attached hydrogens (tertiary/aromatic N) is 1. The number of unbranched alkanes of at least 4 members (excludes halogenated alkanes) is 3. The normalized spacial score (nSPS) is 9.93. The molecule has 2 aromatic carbocycles. The van der Waals surface area contributed by atoms with Crippen LogP contribution in [-0.2, 0) is 0 Å². The molecule has 1 amide bonds. The molecule has 0 saturated carbocycles. The van der Waals surface area contributed by atoms with E-state index in [9.17, 15) is 4.79 Å². The molecule has 2 aromatic rings. The monoisotopic (exact) mass is 381 g/mol. The van der Waals surface area contributed by atoms with Crippen LogP contribution in [-0.4, -0.2) is 17.6 Å². The van der Waals surface area contributed by atoms with Crippen molar-refractivity contribution in [3.05, 3.63) is 59.7 Å². The zero-order valence-corrected chi connectivity index (χ0v) is 16.1. The summed E-state index contributed by atoms with van der Waals surface area (Å²) in [4.78, 5) is 12.3. The third-order valence-electron chi connectivity index (χ3n) is 3.86. The van der Waals surface area contributed by atoms with Crippen LogP contribution in [0.25, 0.3) is 0 Å². The Morgan fingerprint density at radius 3 is 2.63 bits per heavy atom. The number of rotatable bonds is 8. The van der Waals surface area contributed by atoms with Crippen LogP contribution in [0.3, 0.4) is 0 Å². The van der Waals surface area contributed by atoms with Gasteiger partial charge in [-0.2, -0.15) is 5.26 Å². The summed E-state index contributed by atoms with van der Waals surface area (Å²) in [7, 11) is 0. The molecule has 2 rings (SSSR count). The number of nitrogens with one attached hydrogen (secondary N) is 2. The largest absolute Gasteiger partial charge is 0.494 e. The molecule has 2 N–H and O–H groups in total. The van der Waals surface area contributed by atoms with Crippen LogP contribution in [0.2, 0.25) is 0 Å². The topological polar surface area (TPSA) is 74.2 Å². The van der Waals surface area contributed by atoms with Crippen molar-refractivity contribution in [2.45, 2.75) is 32.6 Å². The van der Waals surface area contributed by atoms with Gasteiger partial charge in [-0.25, -0.2) is 0 Å². The third kappa shape index (κ3) is 7.08. The van der Waals surface area contributed by atoms with Gasteiger partial charge in [0, 0.05) is 11.3 Å². The number of nitriles is 1. The number of benzene rings is 2. The molecule has 0 atom stereocenters. The lowest BCUT2D eigenvalue weighted by atomic mass is 10.2. The fourth-order valence-corrected chi connectivity index (χ4v) is 2.64. The van der Waals surface area contributed by atoms with E-state index in [1.165, 1.54) is 19.3 Å². The fraction of sp³-hybridized carbons (Fsp3) is 0.286. The summed E-state index contributed by atoms with van der Waals surface area (Å²) in [5, 5.41) is 14.6. The Bertz CT molecular complexity index is 813. The molecule has 0 spiro atoms. The summed E-state index contributed by atoms with van der Waals surface area (Å²) >= 11 is 5.16. The Hall–Kier alpha value is -2.91. The number of thiocarbonyl (C=S) groups is 1. The zero-order chi connectivity index (χ0) is 19.5. The average molecular weight is 382 g/mol. The van der Waals surface area contributed by atoms with E-state index in [1.807, 2.05) is 0 Å². The highest BCUT2D eigenvalue weighted by Gasteiger charge is 2.08. The van der Waals surface area contributed by atoms with Crippen molar-refractivity contribution in [3.63, 3.8) is 0 Å². The molecular weight excluding hydrogens is 358 g/mol. The van der Waals surface area contributed by atoms with Crippen LogP contribution >= 0.6 is 12.2 Å². The minimum atomic E-state index is -0.307. The molecule has 0 radical (unpaired) electrons. The van der Waals surface area contributed by atoms with Crippen LogP contribution < -0.4 is 15.4 Å². The molecule has 140 valence electrons. The third-order valence-corrected chi connectivity index (χ3v) is 4.06. The van der Waals surface area contributed by atoms with E-state index in [-0.39, 0.29) is 11.0 Å². The number of anilines is 1. The second kappa shape index (κ2) is 10.9. The Balaban J connectivity index is 1.82. The van der Waals surface area contributed by atoms with E-state index in [4.69, 9.17) is 22.2 Å². The van der Waals surface area contributed by atoms with Crippen LogP contribution in [0.4, 0.5) is 5.69 Å². The van der Waals surface area contributed by atoms with Crippen molar-refractivity contribution in [3.8, 4) is 11.8 Å². The van der Waals surface area contributed by atoms with Gasteiger partial charge >= 0.3 is 0 Å². The van der Waals surface area contributed by atoms with Crippen molar-refractivity contribution in [2.75, 3.05) is 11.9 Å². The van der Waals surface area contributed by atoms with Gasteiger partial charge in [-0.1, -0.05) is 32.3 Å². The smallest absolute Gasteiger partial charge is 0.257 e. The lowest BCUT2D eigenvalue weighted by Crippen LogP contribution is -2.34. The molecule has 0 unspecified atom stereocenters. The summed E-state index contributed by atoms with van der Waals surface area (Å²) in [5.41, 5.74) is 1.65. The maximum absolute atomic E-state index is 12.3. The van der Waals surface area contributed by atoms with Crippen molar-refractivity contribution in [2.24, 2.45) is 0 Å². The van der Waals surface area contributed by atoms with Gasteiger partial charge in [0.2, 0.25) is 0 Å². The van der Waals surface area contributed by atoms with E-state index >= 15 is 0 Å². The first-order valence-electron chi connectivity index (χ1n) is 8.97. The van der Waals surface area contributed by atoms with Crippen molar-refractivity contribution < 1.29 is 9.53 Å². The number of ether oxygens (including phenoxy) is 1. The standard InChI is InChI=1S/C21H23N3O2S/c1-2-3-4-5-13-26-19-11-9-17(10-12-19)20(25)24-21(27)23-18-8-6-7-16(14-18)15-22/h6-12,14H,2-5,13H2,1H3,(H2,23,24,25,27). The minimum Gasteiger partial charge on any atom is -0.494 e. The van der Waals surface area contributed by atoms with Gasteiger partial charge in [0.05, 0.1) is 18.2 Å². The zero-order valence-electron chi connectivity index (χ0n) is 15.3. The molecule has 0 fully saturated rings. The quantitative estimate of drug-likeness (QED) is 0.514.